The van der Waals surface area contributed by atoms with E-state index in [2.05, 4.69) is 159 Å². The molecule has 7 nitrogen and oxygen atoms in total. The number of hydrogen-bond donors (Lipinski definition) is 0. The molecule has 0 N–H and O–H groups in total. The summed E-state index contributed by atoms with van der Waals surface area (Å²) < 4.78 is 42.5. The predicted molar refractivity (Wildman–Crippen MR) is 222 cm³/mol. The predicted octanol–water partition coefficient (Wildman–Crippen LogP) is 9.45. The quantitative estimate of drug-likeness (QED) is 0.165. The number of rotatable bonds is 5. The van der Waals surface area contributed by atoms with Crippen LogP contribution in [0.5, 0.6) is 0 Å². The third-order valence-corrected chi connectivity index (χ3v) is 14.1. The zero-order chi connectivity index (χ0) is 37.8. The van der Waals surface area contributed by atoms with Gasteiger partial charge in [0.15, 0.2) is 0 Å². The Balaban J connectivity index is 1.02. The van der Waals surface area contributed by atoms with Crippen molar-refractivity contribution in [3.8, 4) is 0 Å². The second kappa shape index (κ2) is 11.0. The molecule has 10 rings (SSSR count). The zero-order valence-electron chi connectivity index (χ0n) is 33.1. The van der Waals surface area contributed by atoms with Crippen molar-refractivity contribution in [2.75, 3.05) is 0 Å². The van der Waals surface area contributed by atoms with Gasteiger partial charge in [0.25, 0.3) is 0 Å². The molecule has 3 aliphatic heterocycles. The molecule has 0 aliphatic carbocycles. The average Bonchev–Trinajstić information content (AvgIpc) is 3.82. The molecule has 5 heterocycles. The van der Waals surface area contributed by atoms with Gasteiger partial charge in [-0.05, 0) is 133 Å². The lowest BCUT2D eigenvalue weighted by molar-refractivity contribution is -0.0576. The van der Waals surface area contributed by atoms with Crippen molar-refractivity contribution in [1.82, 2.24) is 4.40 Å². The van der Waals surface area contributed by atoms with Crippen molar-refractivity contribution < 1.29 is 27.9 Å². The summed E-state index contributed by atoms with van der Waals surface area (Å²) in [7, 11) is -1.80. The molecule has 0 saturated carbocycles. The first-order valence-corrected chi connectivity index (χ1v) is 19.5. The van der Waals surface area contributed by atoms with E-state index in [4.69, 9.17) is 27.9 Å². The Bertz CT molecular complexity index is 2530. The number of hydrogen-bond acceptors (Lipinski definition) is 6. The van der Waals surface area contributed by atoms with Crippen LogP contribution in [0.1, 0.15) is 82.1 Å². The van der Waals surface area contributed by atoms with Crippen LogP contribution in [0.15, 0.2) is 84.9 Å². The Morgan fingerprint density at radius 3 is 1.35 bits per heavy atom. The lowest BCUT2D eigenvalue weighted by atomic mass is 9.49. The highest BCUT2D eigenvalue weighted by Gasteiger charge is 2.65. The standard InChI is InChI=1S/C44H48B3NO6/c1-39(2)40(3,4)51-46(50-39)47-52-42(7,8)44(10,54-47)20-19-43(9)41(5,6)49-45(53-43)31-25-34-32-21-27-15-11-13-17-29(27)23-36(32)48-37-24-30-18-14-12-16-28(30)22-33(37)35(26-31)38(34)48/h11-18,21-26H,19-20H2,1-10H3. The van der Waals surface area contributed by atoms with E-state index in [-0.39, 0.29) is 0 Å². The molecule has 2 atom stereocenters. The SMILES string of the molecule is CC1(C)OB(B2OC(C)(C)C(C)(CCC3(C)OB(c4cc5c6cc7ccccc7cc6n6c7cc8ccccc8cc7c(c4)c56)OC3(C)C)O2)OC1(C)C. The van der Waals surface area contributed by atoms with E-state index in [0.29, 0.717) is 12.8 Å². The molecule has 2 aromatic heterocycles. The largest absolute Gasteiger partial charge is 0.494 e. The summed E-state index contributed by atoms with van der Waals surface area (Å²) in [6, 6.07) is 31.2. The van der Waals surface area contributed by atoms with Crippen LogP contribution < -0.4 is 5.46 Å². The molecule has 0 amide bonds. The highest BCUT2D eigenvalue weighted by Crippen LogP contribution is 2.49. The molecule has 2 unspecified atom stereocenters. The number of fused-ring (bicyclic) bond motifs is 8. The minimum atomic E-state index is -0.640. The molecule has 3 fully saturated rings. The maximum Gasteiger partial charge on any atom is 0.494 e. The third-order valence-electron chi connectivity index (χ3n) is 14.1. The second-order valence-corrected chi connectivity index (χ2v) is 18.5. The summed E-state index contributed by atoms with van der Waals surface area (Å²) in [4.78, 5) is 0. The fourth-order valence-corrected chi connectivity index (χ4v) is 9.15. The minimum absolute atomic E-state index is 0.476. The molecular formula is C44H48B3NO6. The average molecular weight is 719 g/mol. The van der Waals surface area contributed by atoms with E-state index in [1.165, 1.54) is 59.6 Å². The van der Waals surface area contributed by atoms with Gasteiger partial charge in [-0.1, -0.05) is 60.7 Å². The lowest BCUT2D eigenvalue weighted by Gasteiger charge is -2.42. The van der Waals surface area contributed by atoms with E-state index in [9.17, 15) is 0 Å². The molecule has 10 heteroatoms. The van der Waals surface area contributed by atoms with Crippen molar-refractivity contribution >= 4 is 86.2 Å². The van der Waals surface area contributed by atoms with E-state index < -0.39 is 54.7 Å². The minimum Gasteiger partial charge on any atom is -0.405 e. The number of benzene rings is 5. The van der Waals surface area contributed by atoms with Gasteiger partial charge in [-0.15, -0.1) is 0 Å². The van der Waals surface area contributed by atoms with Gasteiger partial charge >= 0.3 is 21.1 Å². The highest BCUT2D eigenvalue weighted by atomic mass is 16.7. The maximum atomic E-state index is 7.11. The van der Waals surface area contributed by atoms with Crippen LogP contribution in [-0.4, -0.2) is 59.1 Å². The summed E-state index contributed by atoms with van der Waals surface area (Å²) in [6.45, 7) is 21.0. The van der Waals surface area contributed by atoms with Crippen LogP contribution in [0.4, 0.5) is 0 Å². The van der Waals surface area contributed by atoms with Gasteiger partial charge in [0.2, 0.25) is 0 Å². The zero-order valence-corrected chi connectivity index (χ0v) is 33.1. The first-order valence-electron chi connectivity index (χ1n) is 19.5. The van der Waals surface area contributed by atoms with Crippen LogP contribution in [0.3, 0.4) is 0 Å². The Hall–Kier alpha value is -3.63. The molecule has 3 aliphatic rings. The van der Waals surface area contributed by atoms with Crippen LogP contribution in [0, 0.1) is 0 Å². The van der Waals surface area contributed by atoms with Crippen LogP contribution >= 0.6 is 0 Å². The molecule has 5 aromatic carbocycles. The van der Waals surface area contributed by atoms with E-state index in [1.54, 1.807) is 0 Å². The second-order valence-electron chi connectivity index (χ2n) is 18.5. The highest BCUT2D eigenvalue weighted by molar-refractivity contribution is 7.11. The first-order chi connectivity index (χ1) is 25.4. The molecule has 0 radical (unpaired) electrons. The summed E-state index contributed by atoms with van der Waals surface area (Å²) >= 11 is 0. The fraction of sp³-hybridized carbons (Fsp3) is 0.409. The molecule has 0 bridgehead atoms. The molecule has 274 valence electrons. The fourth-order valence-electron chi connectivity index (χ4n) is 9.15. The van der Waals surface area contributed by atoms with Crippen molar-refractivity contribution in [2.24, 2.45) is 0 Å². The van der Waals surface area contributed by atoms with Crippen molar-refractivity contribution in [3.05, 3.63) is 84.9 Å². The smallest absolute Gasteiger partial charge is 0.405 e. The normalized spacial score (nSPS) is 26.3. The van der Waals surface area contributed by atoms with E-state index in [0.717, 1.165) is 5.46 Å². The van der Waals surface area contributed by atoms with Gasteiger partial charge in [0.1, 0.15) is 0 Å². The van der Waals surface area contributed by atoms with Gasteiger partial charge < -0.3 is 32.3 Å². The Labute approximate surface area is 318 Å². The number of nitrogens with zero attached hydrogens (tertiary/aromatic N) is 1. The van der Waals surface area contributed by atoms with Gasteiger partial charge in [0, 0.05) is 21.5 Å². The van der Waals surface area contributed by atoms with Gasteiger partial charge in [-0.25, -0.2) is 0 Å². The van der Waals surface area contributed by atoms with Crippen LogP contribution in [-0.2, 0) is 27.9 Å². The molecule has 0 spiro atoms. The molecule has 7 aromatic rings. The van der Waals surface area contributed by atoms with Crippen molar-refractivity contribution in [2.45, 2.75) is 116 Å². The Morgan fingerprint density at radius 2 is 0.852 bits per heavy atom. The maximum absolute atomic E-state index is 7.11. The summed E-state index contributed by atoms with van der Waals surface area (Å²) in [5, 5.41) is 9.81. The van der Waals surface area contributed by atoms with E-state index in [1.807, 2.05) is 0 Å². The van der Waals surface area contributed by atoms with Gasteiger partial charge in [0.05, 0.1) is 50.2 Å². The van der Waals surface area contributed by atoms with Gasteiger partial charge in [-0.3, -0.25) is 0 Å². The van der Waals surface area contributed by atoms with Gasteiger partial charge in [-0.2, -0.15) is 0 Å². The van der Waals surface area contributed by atoms with E-state index >= 15 is 0 Å². The Morgan fingerprint density at radius 1 is 0.444 bits per heavy atom. The third kappa shape index (κ3) is 4.80. The Kier molecular flexibility index (Phi) is 7.11. The van der Waals surface area contributed by atoms with Crippen molar-refractivity contribution in [3.63, 3.8) is 0 Å². The first kappa shape index (κ1) is 34.8. The molecular weight excluding hydrogens is 671 g/mol. The molecule has 54 heavy (non-hydrogen) atoms. The number of aromatic nitrogens is 1. The monoisotopic (exact) mass is 719 g/mol. The lowest BCUT2D eigenvalue weighted by Crippen LogP contribution is -2.50. The molecule has 3 saturated heterocycles. The van der Waals surface area contributed by atoms with Crippen molar-refractivity contribution in [1.29, 1.82) is 0 Å². The summed E-state index contributed by atoms with van der Waals surface area (Å²) in [5.74, 6) is 0. The summed E-state index contributed by atoms with van der Waals surface area (Å²) in [5.41, 5.74) is 1.31. The summed E-state index contributed by atoms with van der Waals surface area (Å²) in [6.07, 6.45) is 1.39. The van der Waals surface area contributed by atoms with Crippen LogP contribution in [0.2, 0.25) is 0 Å². The van der Waals surface area contributed by atoms with Crippen LogP contribution in [0.25, 0.3) is 59.6 Å². The topological polar surface area (TPSA) is 59.8 Å².